The second-order valence-electron chi connectivity index (χ2n) is 8.70. The van der Waals surface area contributed by atoms with Crippen LogP contribution in [-0.2, 0) is 9.59 Å². The van der Waals surface area contributed by atoms with Gasteiger partial charge in [-0.1, -0.05) is 37.6 Å². The van der Waals surface area contributed by atoms with Gasteiger partial charge in [0.25, 0.3) is 5.92 Å². The van der Waals surface area contributed by atoms with Gasteiger partial charge in [0.05, 0.1) is 19.1 Å². The lowest BCUT2D eigenvalue weighted by atomic mass is 9.81. The van der Waals surface area contributed by atoms with Crippen molar-refractivity contribution in [3.63, 3.8) is 0 Å². The topological polar surface area (TPSA) is 71.3 Å². The summed E-state index contributed by atoms with van der Waals surface area (Å²) in [4.78, 5) is 23.1. The van der Waals surface area contributed by atoms with Crippen LogP contribution in [0.3, 0.4) is 0 Å². The molecule has 0 aliphatic heterocycles. The molecule has 3 rings (SSSR count). The number of rotatable bonds is 7. The van der Waals surface area contributed by atoms with Crippen molar-refractivity contribution in [2.24, 2.45) is 11.8 Å². The number of carbonyl (C=O) groups excluding carboxylic acids is 2. The summed E-state index contributed by atoms with van der Waals surface area (Å²) < 4.78 is 35.6. The predicted molar refractivity (Wildman–Crippen MR) is 124 cm³/mol. The van der Waals surface area contributed by atoms with Crippen LogP contribution in [0.25, 0.3) is 5.57 Å². The number of hydrogen-bond acceptors (Lipinski definition) is 3. The molecule has 0 radical (unpaired) electrons. The molecule has 2 aliphatic rings. The number of furan rings is 1. The summed E-state index contributed by atoms with van der Waals surface area (Å²) in [6.07, 6.45) is 12.5. The molecule has 5 nitrogen and oxygen atoms in total. The van der Waals surface area contributed by atoms with E-state index in [4.69, 9.17) is 4.42 Å². The monoisotopic (exact) mass is 458 g/mol. The minimum Gasteiger partial charge on any atom is -0.472 e. The van der Waals surface area contributed by atoms with Gasteiger partial charge in [-0.3, -0.25) is 9.59 Å². The molecule has 0 fully saturated rings. The molecule has 0 spiro atoms. The standard InChI is InChI=1S/C26H32F2N2O3/c1-4-26(27,28)24-13-19(21-10-11-33-16-21)6-5-7-20-12-22(17(2)8-9-23(20)24)14-30-25(32)15-29-18(3)31/h6,9-13,16-17,20H,4-5,7-8,14-15H2,1-3H3,(H,29,31)(H,30,32). The third kappa shape index (κ3) is 6.30. The summed E-state index contributed by atoms with van der Waals surface area (Å²) in [7, 11) is 0. The van der Waals surface area contributed by atoms with E-state index >= 15 is 8.78 Å². The molecule has 7 heteroatoms. The fourth-order valence-electron chi connectivity index (χ4n) is 4.22. The third-order valence-electron chi connectivity index (χ3n) is 6.27. The first-order valence-electron chi connectivity index (χ1n) is 11.5. The molecular formula is C26H32F2N2O3. The van der Waals surface area contributed by atoms with Crippen LogP contribution >= 0.6 is 0 Å². The number of allylic oxidation sites excluding steroid dienone is 7. The maximum Gasteiger partial charge on any atom is 0.273 e. The predicted octanol–water partition coefficient (Wildman–Crippen LogP) is 5.19. The molecule has 0 aromatic carbocycles. The van der Waals surface area contributed by atoms with Crippen molar-refractivity contribution in [2.45, 2.75) is 52.4 Å². The third-order valence-corrected chi connectivity index (χ3v) is 6.27. The fraction of sp³-hybridized carbons (Fsp3) is 0.462. The van der Waals surface area contributed by atoms with Crippen LogP contribution in [0.5, 0.6) is 0 Å². The first kappa shape index (κ1) is 24.7. The zero-order valence-electron chi connectivity index (χ0n) is 19.4. The van der Waals surface area contributed by atoms with Gasteiger partial charge in [0, 0.05) is 36.9 Å². The Labute approximate surface area is 193 Å². The molecule has 1 aromatic heterocycles. The molecule has 2 N–H and O–H groups in total. The summed E-state index contributed by atoms with van der Waals surface area (Å²) in [5, 5.41) is 5.31. The fourth-order valence-corrected chi connectivity index (χ4v) is 4.22. The molecule has 2 atom stereocenters. The molecule has 2 unspecified atom stereocenters. The van der Waals surface area contributed by atoms with Crippen molar-refractivity contribution < 1.29 is 22.8 Å². The number of alkyl halides is 2. The number of fused-ring (bicyclic) bond motifs is 1. The Hall–Kier alpha value is -2.96. The Bertz CT molecular complexity index is 987. The Morgan fingerprint density at radius 1 is 1.24 bits per heavy atom. The number of halogens is 2. The SMILES string of the molecule is CCC(F)(F)C1=CC(c2ccoc2)=CCCC2C=C(CNC(=O)CNC(C)=O)C(C)CC=C12. The first-order chi connectivity index (χ1) is 15.7. The van der Waals surface area contributed by atoms with Crippen LogP contribution in [0.1, 0.15) is 52.0 Å². The average molecular weight is 459 g/mol. The molecule has 0 saturated heterocycles. The molecule has 178 valence electrons. The summed E-state index contributed by atoms with van der Waals surface area (Å²) in [6, 6.07) is 1.79. The highest BCUT2D eigenvalue weighted by atomic mass is 19.3. The van der Waals surface area contributed by atoms with Crippen LogP contribution < -0.4 is 10.6 Å². The zero-order chi connectivity index (χ0) is 24.0. The van der Waals surface area contributed by atoms with Gasteiger partial charge in [0.15, 0.2) is 0 Å². The van der Waals surface area contributed by atoms with Crippen LogP contribution in [0, 0.1) is 11.8 Å². The number of nitrogens with one attached hydrogen (secondary N) is 2. The van der Waals surface area contributed by atoms with E-state index in [0.717, 1.165) is 23.1 Å². The van der Waals surface area contributed by atoms with Crippen LogP contribution in [0.15, 0.2) is 64.0 Å². The largest absolute Gasteiger partial charge is 0.472 e. The lowest BCUT2D eigenvalue weighted by Crippen LogP contribution is -2.37. The summed E-state index contributed by atoms with van der Waals surface area (Å²) >= 11 is 0. The second-order valence-corrected chi connectivity index (χ2v) is 8.70. The van der Waals surface area contributed by atoms with Crippen molar-refractivity contribution in [3.05, 3.63) is 65.2 Å². The lowest BCUT2D eigenvalue weighted by molar-refractivity contribution is -0.124. The van der Waals surface area contributed by atoms with Crippen molar-refractivity contribution in [3.8, 4) is 0 Å². The van der Waals surface area contributed by atoms with E-state index in [1.54, 1.807) is 24.7 Å². The highest BCUT2D eigenvalue weighted by Gasteiger charge is 2.37. The zero-order valence-corrected chi connectivity index (χ0v) is 19.4. The van der Waals surface area contributed by atoms with Gasteiger partial charge in [-0.05, 0) is 48.5 Å². The molecule has 1 heterocycles. The highest BCUT2D eigenvalue weighted by molar-refractivity contribution is 5.83. The van der Waals surface area contributed by atoms with E-state index in [1.165, 1.54) is 13.8 Å². The van der Waals surface area contributed by atoms with Gasteiger partial charge in [-0.15, -0.1) is 0 Å². The van der Waals surface area contributed by atoms with Gasteiger partial charge in [-0.25, -0.2) is 8.78 Å². The van der Waals surface area contributed by atoms with Crippen LogP contribution in [0.2, 0.25) is 0 Å². The molecule has 1 aromatic rings. The quantitative estimate of drug-likeness (QED) is 0.553. The van der Waals surface area contributed by atoms with Gasteiger partial charge < -0.3 is 15.1 Å². The lowest BCUT2D eigenvalue weighted by Gasteiger charge is -2.27. The number of amides is 2. The first-order valence-corrected chi connectivity index (χ1v) is 11.5. The Morgan fingerprint density at radius 2 is 2.03 bits per heavy atom. The normalized spacial score (nSPS) is 21.2. The smallest absolute Gasteiger partial charge is 0.273 e. The van der Waals surface area contributed by atoms with Crippen LogP contribution in [-0.4, -0.2) is 30.8 Å². The molecule has 0 bridgehead atoms. The summed E-state index contributed by atoms with van der Waals surface area (Å²) in [5.41, 5.74) is 3.28. The van der Waals surface area contributed by atoms with Crippen LogP contribution in [0.4, 0.5) is 8.78 Å². The molecule has 0 saturated carbocycles. The van der Waals surface area contributed by atoms with Gasteiger partial charge >= 0.3 is 0 Å². The number of hydrogen-bond donors (Lipinski definition) is 2. The number of carbonyl (C=O) groups is 2. The van der Waals surface area contributed by atoms with Crippen molar-refractivity contribution in [1.82, 2.24) is 10.6 Å². The minimum absolute atomic E-state index is 0.0570. The van der Waals surface area contributed by atoms with E-state index in [9.17, 15) is 9.59 Å². The maximum atomic E-state index is 15.2. The van der Waals surface area contributed by atoms with Gasteiger partial charge in [0.1, 0.15) is 0 Å². The summed E-state index contributed by atoms with van der Waals surface area (Å²) in [5.74, 6) is -3.57. The highest BCUT2D eigenvalue weighted by Crippen LogP contribution is 2.43. The molecular weight excluding hydrogens is 426 g/mol. The Balaban J connectivity index is 1.89. The summed E-state index contributed by atoms with van der Waals surface area (Å²) in [6.45, 7) is 5.15. The molecule has 2 amide bonds. The second kappa shape index (κ2) is 10.8. The maximum absolute atomic E-state index is 15.2. The van der Waals surface area contributed by atoms with E-state index < -0.39 is 5.92 Å². The van der Waals surface area contributed by atoms with E-state index in [0.29, 0.717) is 25.0 Å². The van der Waals surface area contributed by atoms with E-state index in [1.807, 2.05) is 19.1 Å². The molecule has 2 aliphatic carbocycles. The van der Waals surface area contributed by atoms with E-state index in [-0.39, 0.29) is 42.2 Å². The van der Waals surface area contributed by atoms with Gasteiger partial charge in [0.2, 0.25) is 11.8 Å². The van der Waals surface area contributed by atoms with Crippen molar-refractivity contribution in [2.75, 3.05) is 13.1 Å². The van der Waals surface area contributed by atoms with E-state index in [2.05, 4.69) is 16.7 Å². The van der Waals surface area contributed by atoms with Crippen molar-refractivity contribution in [1.29, 1.82) is 0 Å². The average Bonchev–Trinajstić information content (AvgIpc) is 3.25. The van der Waals surface area contributed by atoms with Crippen molar-refractivity contribution >= 4 is 17.4 Å². The molecule has 33 heavy (non-hydrogen) atoms. The Morgan fingerprint density at radius 3 is 2.70 bits per heavy atom. The Kier molecular flexibility index (Phi) is 8.06. The van der Waals surface area contributed by atoms with Gasteiger partial charge in [-0.2, -0.15) is 0 Å². The minimum atomic E-state index is -2.96.